The number of amides is 1. The molecular formula is C11H17NO5. The highest BCUT2D eigenvalue weighted by Crippen LogP contribution is 2.25. The molecule has 1 aliphatic rings. The summed E-state index contributed by atoms with van der Waals surface area (Å²) in [6.45, 7) is 3.78. The van der Waals surface area contributed by atoms with E-state index in [0.29, 0.717) is 13.0 Å². The lowest BCUT2D eigenvalue weighted by Gasteiger charge is -2.24. The number of carboxylic acids is 2. The molecule has 2 unspecified atom stereocenters. The van der Waals surface area contributed by atoms with Crippen molar-refractivity contribution in [2.45, 2.75) is 32.7 Å². The van der Waals surface area contributed by atoms with Crippen molar-refractivity contribution in [1.82, 2.24) is 4.90 Å². The lowest BCUT2D eigenvalue weighted by Crippen LogP contribution is -2.43. The van der Waals surface area contributed by atoms with E-state index in [0.717, 1.165) is 0 Å². The summed E-state index contributed by atoms with van der Waals surface area (Å²) in [7, 11) is 0. The Morgan fingerprint density at radius 3 is 2.41 bits per heavy atom. The van der Waals surface area contributed by atoms with Gasteiger partial charge in [-0.3, -0.25) is 9.59 Å². The quantitative estimate of drug-likeness (QED) is 0.746. The fourth-order valence-electron chi connectivity index (χ4n) is 2.16. The molecule has 0 saturated carbocycles. The minimum Gasteiger partial charge on any atom is -0.481 e. The third kappa shape index (κ3) is 3.18. The zero-order valence-electron chi connectivity index (χ0n) is 9.92. The Morgan fingerprint density at radius 2 is 1.94 bits per heavy atom. The average Bonchev–Trinajstić information content (AvgIpc) is 2.58. The van der Waals surface area contributed by atoms with Crippen LogP contribution in [0.15, 0.2) is 0 Å². The Balaban J connectivity index is 2.73. The van der Waals surface area contributed by atoms with E-state index < -0.39 is 23.9 Å². The van der Waals surface area contributed by atoms with Crippen molar-refractivity contribution >= 4 is 17.8 Å². The van der Waals surface area contributed by atoms with Crippen molar-refractivity contribution in [3.63, 3.8) is 0 Å². The third-order valence-corrected chi connectivity index (χ3v) is 2.98. The molecule has 6 nitrogen and oxygen atoms in total. The molecule has 2 N–H and O–H groups in total. The van der Waals surface area contributed by atoms with Gasteiger partial charge >= 0.3 is 11.9 Å². The lowest BCUT2D eigenvalue weighted by atomic mass is 10.1. The van der Waals surface area contributed by atoms with Crippen LogP contribution in [-0.2, 0) is 14.4 Å². The molecular weight excluding hydrogens is 226 g/mol. The van der Waals surface area contributed by atoms with Crippen molar-refractivity contribution in [3.8, 4) is 0 Å². The molecule has 17 heavy (non-hydrogen) atoms. The number of carboxylic acid groups (broad SMARTS) is 2. The summed E-state index contributed by atoms with van der Waals surface area (Å²) < 4.78 is 0. The van der Waals surface area contributed by atoms with Crippen LogP contribution in [0.5, 0.6) is 0 Å². The van der Waals surface area contributed by atoms with Crippen molar-refractivity contribution in [2.75, 3.05) is 6.54 Å². The summed E-state index contributed by atoms with van der Waals surface area (Å²) >= 11 is 0. The van der Waals surface area contributed by atoms with E-state index in [-0.39, 0.29) is 18.2 Å². The van der Waals surface area contributed by atoms with Gasteiger partial charge in [0, 0.05) is 12.5 Å². The molecule has 1 fully saturated rings. The normalized spacial score (nSPS) is 25.6. The van der Waals surface area contributed by atoms with E-state index in [1.165, 1.54) is 11.8 Å². The lowest BCUT2D eigenvalue weighted by molar-refractivity contribution is -0.151. The maximum absolute atomic E-state index is 11.9. The summed E-state index contributed by atoms with van der Waals surface area (Å²) in [6, 6.07) is -0.811. The van der Waals surface area contributed by atoms with Crippen LogP contribution in [0.2, 0.25) is 0 Å². The minimum absolute atomic E-state index is 0.136. The Bertz CT molecular complexity index is 341. The molecule has 0 aromatic carbocycles. The van der Waals surface area contributed by atoms with Gasteiger partial charge in [-0.2, -0.15) is 0 Å². The van der Waals surface area contributed by atoms with Gasteiger partial charge in [0.15, 0.2) is 0 Å². The molecule has 0 aromatic rings. The summed E-state index contributed by atoms with van der Waals surface area (Å²) in [4.78, 5) is 34.8. The van der Waals surface area contributed by atoms with Crippen molar-refractivity contribution in [3.05, 3.63) is 0 Å². The first-order chi connectivity index (χ1) is 7.82. The Labute approximate surface area is 99.2 Å². The van der Waals surface area contributed by atoms with Crippen LogP contribution in [0, 0.1) is 11.8 Å². The van der Waals surface area contributed by atoms with Crippen molar-refractivity contribution < 1.29 is 24.6 Å². The fraction of sp³-hybridized carbons (Fsp3) is 0.727. The van der Waals surface area contributed by atoms with Crippen LogP contribution in [0.3, 0.4) is 0 Å². The SMILES string of the molecule is CC1C[C@@H](C(=O)O)N(C(=O)C(C)CC(=O)O)C1. The summed E-state index contributed by atoms with van der Waals surface area (Å²) in [5.41, 5.74) is 0. The number of carbonyl (C=O) groups is 3. The number of rotatable bonds is 4. The minimum atomic E-state index is -1.05. The van der Waals surface area contributed by atoms with Crippen molar-refractivity contribution in [2.24, 2.45) is 11.8 Å². The summed E-state index contributed by atoms with van der Waals surface area (Å²) in [5, 5.41) is 17.6. The van der Waals surface area contributed by atoms with Crippen LogP contribution in [0.1, 0.15) is 26.7 Å². The highest BCUT2D eigenvalue weighted by molar-refractivity contribution is 5.87. The first kappa shape index (κ1) is 13.5. The monoisotopic (exact) mass is 243 g/mol. The molecule has 1 amide bonds. The molecule has 6 heteroatoms. The molecule has 0 spiro atoms. The highest BCUT2D eigenvalue weighted by Gasteiger charge is 2.39. The van der Waals surface area contributed by atoms with E-state index in [9.17, 15) is 14.4 Å². The molecule has 1 aliphatic heterocycles. The number of hydrogen-bond acceptors (Lipinski definition) is 3. The molecule has 96 valence electrons. The van der Waals surface area contributed by atoms with Crippen molar-refractivity contribution in [1.29, 1.82) is 0 Å². The number of likely N-dealkylation sites (tertiary alicyclic amines) is 1. The number of nitrogens with zero attached hydrogens (tertiary/aromatic N) is 1. The van der Waals surface area contributed by atoms with E-state index >= 15 is 0 Å². The first-order valence-corrected chi connectivity index (χ1v) is 5.58. The largest absolute Gasteiger partial charge is 0.481 e. The molecule has 1 rings (SSSR count). The van der Waals surface area contributed by atoms with Crippen LogP contribution in [-0.4, -0.2) is 45.5 Å². The van der Waals surface area contributed by atoms with Crippen LogP contribution in [0.25, 0.3) is 0 Å². The second-order valence-electron chi connectivity index (χ2n) is 4.68. The van der Waals surface area contributed by atoms with E-state index in [2.05, 4.69) is 0 Å². The van der Waals surface area contributed by atoms with Gasteiger partial charge in [-0.1, -0.05) is 13.8 Å². The second-order valence-corrected chi connectivity index (χ2v) is 4.68. The third-order valence-electron chi connectivity index (χ3n) is 2.98. The van der Waals surface area contributed by atoms with E-state index in [1.807, 2.05) is 6.92 Å². The van der Waals surface area contributed by atoms with Gasteiger partial charge < -0.3 is 15.1 Å². The molecule has 0 radical (unpaired) electrons. The van der Waals surface area contributed by atoms with Crippen LogP contribution in [0.4, 0.5) is 0 Å². The zero-order valence-corrected chi connectivity index (χ0v) is 9.92. The number of aliphatic carboxylic acids is 2. The molecule has 1 heterocycles. The van der Waals surface area contributed by atoms with Crippen LogP contribution < -0.4 is 0 Å². The maximum Gasteiger partial charge on any atom is 0.326 e. The second kappa shape index (κ2) is 5.16. The van der Waals surface area contributed by atoms with Gasteiger partial charge in [0.2, 0.25) is 5.91 Å². The smallest absolute Gasteiger partial charge is 0.326 e. The zero-order chi connectivity index (χ0) is 13.2. The molecule has 0 aromatic heterocycles. The molecule has 0 aliphatic carbocycles. The Morgan fingerprint density at radius 1 is 1.35 bits per heavy atom. The van der Waals surface area contributed by atoms with Gasteiger partial charge in [-0.15, -0.1) is 0 Å². The van der Waals surface area contributed by atoms with Gasteiger partial charge in [0.05, 0.1) is 6.42 Å². The molecule has 3 atom stereocenters. The predicted molar refractivity (Wildman–Crippen MR) is 58.3 cm³/mol. The topological polar surface area (TPSA) is 94.9 Å². The summed E-state index contributed by atoms with van der Waals surface area (Å²) in [6.07, 6.45) is 0.164. The van der Waals surface area contributed by atoms with E-state index in [1.54, 1.807) is 0 Å². The van der Waals surface area contributed by atoms with Gasteiger partial charge in [-0.05, 0) is 12.3 Å². The number of carbonyl (C=O) groups excluding carboxylic acids is 1. The Hall–Kier alpha value is -1.59. The maximum atomic E-state index is 11.9. The predicted octanol–water partition coefficient (Wildman–Crippen LogP) is 0.419. The van der Waals surface area contributed by atoms with Gasteiger partial charge in [0.1, 0.15) is 6.04 Å². The summed E-state index contributed by atoms with van der Waals surface area (Å²) in [5.74, 6) is -3.00. The standard InChI is InChI=1S/C11H17NO5/c1-6-3-8(11(16)17)12(5-6)10(15)7(2)4-9(13)14/h6-8H,3-5H2,1-2H3,(H,13,14)(H,16,17)/t6?,7?,8-/m0/s1. The van der Waals surface area contributed by atoms with Gasteiger partial charge in [-0.25, -0.2) is 4.79 Å². The van der Waals surface area contributed by atoms with Gasteiger partial charge in [0.25, 0.3) is 0 Å². The van der Waals surface area contributed by atoms with Crippen LogP contribution >= 0.6 is 0 Å². The molecule has 0 bridgehead atoms. The Kier molecular flexibility index (Phi) is 4.09. The first-order valence-electron chi connectivity index (χ1n) is 5.58. The molecule has 1 saturated heterocycles. The van der Waals surface area contributed by atoms with E-state index in [4.69, 9.17) is 10.2 Å². The fourth-order valence-corrected chi connectivity index (χ4v) is 2.16. The average molecular weight is 243 g/mol. The highest BCUT2D eigenvalue weighted by atomic mass is 16.4. The number of hydrogen-bond donors (Lipinski definition) is 2.